The fraction of sp³-hybridized carbons (Fsp3) is 0.267. The minimum absolute atomic E-state index is 0.0171. The van der Waals surface area contributed by atoms with Crippen molar-refractivity contribution in [3.8, 4) is 0 Å². The van der Waals surface area contributed by atoms with E-state index >= 15 is 0 Å². The number of carbonyl (C=O) groups is 2. The van der Waals surface area contributed by atoms with Gasteiger partial charge >= 0.3 is 0 Å². The van der Waals surface area contributed by atoms with E-state index in [4.69, 9.17) is 11.6 Å². The predicted octanol–water partition coefficient (Wildman–Crippen LogP) is 2.33. The Hall–Kier alpha value is -1.92. The maximum atomic E-state index is 12.1. The zero-order valence-corrected chi connectivity index (χ0v) is 13.2. The fourth-order valence-electron chi connectivity index (χ4n) is 2.44. The molecule has 0 spiro atoms. The zero-order chi connectivity index (χ0) is 15.5. The number of aromatic nitrogens is 1. The second kappa shape index (κ2) is 6.46. The van der Waals surface area contributed by atoms with Crippen LogP contribution >= 0.6 is 22.9 Å². The molecule has 2 amide bonds. The van der Waals surface area contributed by atoms with Crippen LogP contribution in [-0.4, -0.2) is 34.3 Å². The van der Waals surface area contributed by atoms with Gasteiger partial charge < -0.3 is 10.2 Å². The van der Waals surface area contributed by atoms with Crippen LogP contribution in [0.25, 0.3) is 0 Å². The van der Waals surface area contributed by atoms with E-state index < -0.39 is 0 Å². The van der Waals surface area contributed by atoms with Gasteiger partial charge in [-0.25, -0.2) is 4.98 Å². The van der Waals surface area contributed by atoms with Gasteiger partial charge in [0, 0.05) is 29.9 Å². The molecule has 1 saturated heterocycles. The van der Waals surface area contributed by atoms with Gasteiger partial charge in [-0.05, 0) is 11.6 Å². The van der Waals surface area contributed by atoms with Crippen LogP contribution in [0, 0.1) is 0 Å². The minimum atomic E-state index is -0.237. The Labute approximate surface area is 136 Å². The van der Waals surface area contributed by atoms with Crippen molar-refractivity contribution in [1.29, 1.82) is 0 Å². The first kappa shape index (κ1) is 15.0. The van der Waals surface area contributed by atoms with E-state index in [2.05, 4.69) is 10.3 Å². The van der Waals surface area contributed by atoms with Crippen molar-refractivity contribution in [1.82, 2.24) is 15.2 Å². The molecule has 1 aliphatic rings. The molecule has 114 valence electrons. The number of halogens is 1. The lowest BCUT2D eigenvalue weighted by Gasteiger charge is -2.17. The van der Waals surface area contributed by atoms with E-state index in [1.165, 1.54) is 11.3 Å². The van der Waals surface area contributed by atoms with Crippen molar-refractivity contribution >= 4 is 34.8 Å². The Morgan fingerprint density at radius 1 is 1.45 bits per heavy atom. The number of likely N-dealkylation sites (tertiary alicyclic amines) is 1. The Balaban J connectivity index is 1.61. The van der Waals surface area contributed by atoms with Crippen molar-refractivity contribution in [3.05, 3.63) is 51.4 Å². The van der Waals surface area contributed by atoms with Crippen LogP contribution < -0.4 is 5.32 Å². The molecule has 1 aromatic heterocycles. The van der Waals surface area contributed by atoms with Crippen LogP contribution in [0.3, 0.4) is 0 Å². The van der Waals surface area contributed by atoms with Gasteiger partial charge in [0.1, 0.15) is 5.69 Å². The van der Waals surface area contributed by atoms with E-state index in [0.29, 0.717) is 30.2 Å². The third kappa shape index (κ3) is 3.28. The Bertz CT molecular complexity index is 690. The summed E-state index contributed by atoms with van der Waals surface area (Å²) in [5.74, 6) is -0.220. The summed E-state index contributed by atoms with van der Waals surface area (Å²) in [6, 6.07) is 7.26. The van der Waals surface area contributed by atoms with Crippen molar-refractivity contribution in [2.45, 2.75) is 19.0 Å². The molecule has 2 heterocycles. The molecule has 1 atom stereocenters. The molecule has 5 nitrogen and oxygen atoms in total. The molecule has 2 aromatic rings. The number of carbonyl (C=O) groups excluding carboxylic acids is 2. The van der Waals surface area contributed by atoms with Gasteiger partial charge in [0.05, 0.1) is 11.6 Å². The van der Waals surface area contributed by atoms with Crippen LogP contribution in [0.15, 0.2) is 35.2 Å². The highest BCUT2D eigenvalue weighted by atomic mass is 35.5. The lowest BCUT2D eigenvalue weighted by molar-refractivity contribution is -0.128. The Kier molecular flexibility index (Phi) is 4.40. The molecular weight excluding hydrogens is 322 g/mol. The SMILES string of the molecule is O=C(NC1CC(=O)N(Cc2ccccc2Cl)C1)c1cscn1. The molecule has 1 aliphatic heterocycles. The molecule has 1 fully saturated rings. The highest BCUT2D eigenvalue weighted by Gasteiger charge is 2.31. The van der Waals surface area contributed by atoms with Crippen LogP contribution in [-0.2, 0) is 11.3 Å². The largest absolute Gasteiger partial charge is 0.346 e. The van der Waals surface area contributed by atoms with Crippen LogP contribution in [0.1, 0.15) is 22.5 Å². The van der Waals surface area contributed by atoms with Crippen LogP contribution in [0.2, 0.25) is 5.02 Å². The van der Waals surface area contributed by atoms with Gasteiger partial charge in [-0.2, -0.15) is 0 Å². The summed E-state index contributed by atoms with van der Waals surface area (Å²) in [6.07, 6.45) is 0.306. The topological polar surface area (TPSA) is 62.3 Å². The summed E-state index contributed by atoms with van der Waals surface area (Å²) in [7, 11) is 0. The molecular formula is C15H14ClN3O2S. The highest BCUT2D eigenvalue weighted by Crippen LogP contribution is 2.20. The van der Waals surface area contributed by atoms with E-state index in [1.807, 2.05) is 18.2 Å². The number of nitrogens with one attached hydrogen (secondary N) is 1. The van der Waals surface area contributed by atoms with Gasteiger partial charge in [-0.15, -0.1) is 11.3 Å². The molecule has 7 heteroatoms. The standard InChI is InChI=1S/C15H14ClN3O2S/c16-12-4-2-1-3-10(12)6-19-7-11(5-14(19)20)18-15(21)13-8-22-9-17-13/h1-4,8-9,11H,5-7H2,(H,18,21). The van der Waals surface area contributed by atoms with Gasteiger partial charge in [0.25, 0.3) is 5.91 Å². The average Bonchev–Trinajstić information content (AvgIpc) is 3.12. The number of nitrogens with zero attached hydrogens (tertiary/aromatic N) is 2. The first-order valence-corrected chi connectivity index (χ1v) is 8.16. The molecule has 1 unspecified atom stereocenters. The van der Waals surface area contributed by atoms with Crippen molar-refractivity contribution in [3.63, 3.8) is 0 Å². The van der Waals surface area contributed by atoms with Gasteiger partial charge in [-0.3, -0.25) is 9.59 Å². The van der Waals surface area contributed by atoms with Crippen LogP contribution in [0.5, 0.6) is 0 Å². The molecule has 0 saturated carbocycles. The third-order valence-corrected chi connectivity index (χ3v) is 4.49. The number of amides is 2. The van der Waals surface area contributed by atoms with E-state index in [-0.39, 0.29) is 17.9 Å². The summed E-state index contributed by atoms with van der Waals surface area (Å²) in [4.78, 5) is 29.7. The maximum absolute atomic E-state index is 12.1. The Morgan fingerprint density at radius 3 is 3.00 bits per heavy atom. The minimum Gasteiger partial charge on any atom is -0.346 e. The van der Waals surface area contributed by atoms with Crippen molar-refractivity contribution < 1.29 is 9.59 Å². The number of thiazole rings is 1. The second-order valence-electron chi connectivity index (χ2n) is 5.11. The summed E-state index contributed by atoms with van der Waals surface area (Å²) >= 11 is 7.49. The second-order valence-corrected chi connectivity index (χ2v) is 6.24. The summed E-state index contributed by atoms with van der Waals surface area (Å²) < 4.78 is 0. The quantitative estimate of drug-likeness (QED) is 0.932. The Morgan fingerprint density at radius 2 is 2.27 bits per heavy atom. The molecule has 0 aliphatic carbocycles. The van der Waals surface area contributed by atoms with Gasteiger partial charge in [0.2, 0.25) is 5.91 Å². The molecule has 1 aromatic carbocycles. The first-order valence-electron chi connectivity index (χ1n) is 6.83. The summed E-state index contributed by atoms with van der Waals surface area (Å²) in [6.45, 7) is 0.946. The normalized spacial score (nSPS) is 17.8. The van der Waals surface area contributed by atoms with E-state index in [9.17, 15) is 9.59 Å². The lowest BCUT2D eigenvalue weighted by Crippen LogP contribution is -2.37. The summed E-state index contributed by atoms with van der Waals surface area (Å²) in [5.41, 5.74) is 2.91. The number of rotatable bonds is 4. The summed E-state index contributed by atoms with van der Waals surface area (Å²) in [5, 5.41) is 5.18. The molecule has 3 rings (SSSR count). The number of benzene rings is 1. The lowest BCUT2D eigenvalue weighted by atomic mass is 10.2. The highest BCUT2D eigenvalue weighted by molar-refractivity contribution is 7.07. The first-order chi connectivity index (χ1) is 10.6. The smallest absolute Gasteiger partial charge is 0.271 e. The van der Waals surface area contributed by atoms with Crippen molar-refractivity contribution in [2.24, 2.45) is 0 Å². The van der Waals surface area contributed by atoms with Gasteiger partial charge in [0.15, 0.2) is 0 Å². The molecule has 0 bridgehead atoms. The molecule has 1 N–H and O–H groups in total. The van der Waals surface area contributed by atoms with Crippen molar-refractivity contribution in [2.75, 3.05) is 6.54 Å². The number of hydrogen-bond acceptors (Lipinski definition) is 4. The predicted molar refractivity (Wildman–Crippen MR) is 84.9 cm³/mol. The third-order valence-electron chi connectivity index (χ3n) is 3.53. The number of hydrogen-bond donors (Lipinski definition) is 1. The molecule has 0 radical (unpaired) electrons. The molecule has 22 heavy (non-hydrogen) atoms. The van der Waals surface area contributed by atoms with Crippen LogP contribution in [0.4, 0.5) is 0 Å². The average molecular weight is 336 g/mol. The van der Waals surface area contributed by atoms with Gasteiger partial charge in [-0.1, -0.05) is 29.8 Å². The fourth-order valence-corrected chi connectivity index (χ4v) is 3.17. The zero-order valence-electron chi connectivity index (χ0n) is 11.7. The van der Waals surface area contributed by atoms with E-state index in [0.717, 1.165) is 5.56 Å². The monoisotopic (exact) mass is 335 g/mol. The van der Waals surface area contributed by atoms with E-state index in [1.54, 1.807) is 21.9 Å². The maximum Gasteiger partial charge on any atom is 0.271 e.